The minimum absolute atomic E-state index is 1.22. The lowest BCUT2D eigenvalue weighted by Crippen LogP contribution is -1.90. The van der Waals surface area contributed by atoms with Crippen molar-refractivity contribution in [1.29, 1.82) is 0 Å². The van der Waals surface area contributed by atoms with Gasteiger partial charge < -0.3 is 0 Å². The van der Waals surface area contributed by atoms with Crippen LogP contribution in [0.15, 0.2) is 103 Å². The molecule has 0 saturated heterocycles. The van der Waals surface area contributed by atoms with Crippen molar-refractivity contribution in [3.8, 4) is 22.3 Å². The second-order valence-corrected chi connectivity index (χ2v) is 6.61. The first-order valence-electron chi connectivity index (χ1n) is 8.97. The molecule has 4 aromatic rings. The van der Waals surface area contributed by atoms with Crippen molar-refractivity contribution in [1.82, 2.24) is 0 Å². The fourth-order valence-corrected chi connectivity index (χ4v) is 3.88. The number of hydrogen-bond acceptors (Lipinski definition) is 0. The van der Waals surface area contributed by atoms with Gasteiger partial charge in [0.25, 0.3) is 0 Å². The van der Waals surface area contributed by atoms with E-state index >= 15 is 0 Å². The monoisotopic (exact) mass is 330 g/mol. The van der Waals surface area contributed by atoms with Crippen LogP contribution in [0.2, 0.25) is 0 Å². The molecule has 1 aliphatic carbocycles. The van der Waals surface area contributed by atoms with Gasteiger partial charge in [0.15, 0.2) is 0 Å². The molecule has 0 nitrogen and oxygen atoms in total. The molecule has 5 rings (SSSR count). The summed E-state index contributed by atoms with van der Waals surface area (Å²) >= 11 is 0. The van der Waals surface area contributed by atoms with Gasteiger partial charge in [-0.25, -0.2) is 0 Å². The molecule has 26 heavy (non-hydrogen) atoms. The zero-order valence-electron chi connectivity index (χ0n) is 14.4. The molecular formula is C26H18. The zero-order chi connectivity index (χ0) is 17.3. The molecular weight excluding hydrogens is 312 g/mol. The maximum atomic E-state index is 2.31. The van der Waals surface area contributed by atoms with Crippen molar-refractivity contribution in [3.05, 3.63) is 120 Å². The van der Waals surface area contributed by atoms with Crippen molar-refractivity contribution in [2.75, 3.05) is 0 Å². The summed E-state index contributed by atoms with van der Waals surface area (Å²) in [6.45, 7) is 0. The van der Waals surface area contributed by atoms with E-state index < -0.39 is 0 Å². The van der Waals surface area contributed by atoms with Crippen LogP contribution in [0.4, 0.5) is 0 Å². The molecule has 0 amide bonds. The van der Waals surface area contributed by atoms with Crippen molar-refractivity contribution >= 4 is 11.6 Å². The molecule has 0 aromatic heterocycles. The Morgan fingerprint density at radius 3 is 1.15 bits per heavy atom. The van der Waals surface area contributed by atoms with Gasteiger partial charge in [-0.1, -0.05) is 103 Å². The predicted octanol–water partition coefficient (Wildman–Crippen LogP) is 6.92. The molecule has 1 aliphatic rings. The highest BCUT2D eigenvalue weighted by Gasteiger charge is 2.21. The second-order valence-electron chi connectivity index (χ2n) is 6.61. The quantitative estimate of drug-likeness (QED) is 0.313. The highest BCUT2D eigenvalue weighted by molar-refractivity contribution is 6.05. The highest BCUT2D eigenvalue weighted by atomic mass is 14.2. The Labute approximate surface area is 154 Å². The summed E-state index contributed by atoms with van der Waals surface area (Å²) < 4.78 is 0. The predicted molar refractivity (Wildman–Crippen MR) is 111 cm³/mol. The standard InChI is InChI=1S/C26H18/c1-2-10-19(11-3-1)18-26-24-16-8-6-14-22(24)20-12-4-5-13-21(20)23-15-7-9-17-25(23)26/h1-18H. The Kier molecular flexibility index (Phi) is 3.54. The largest absolute Gasteiger partial charge is 0.0622 e. The fraction of sp³-hybridized carbons (Fsp3) is 0. The lowest BCUT2D eigenvalue weighted by molar-refractivity contribution is 1.57. The van der Waals surface area contributed by atoms with Crippen LogP contribution in [0.1, 0.15) is 16.7 Å². The van der Waals surface area contributed by atoms with Gasteiger partial charge in [-0.2, -0.15) is 0 Å². The number of rotatable bonds is 1. The average Bonchev–Trinajstić information content (AvgIpc) is 2.83. The summed E-state index contributed by atoms with van der Waals surface area (Å²) in [5.41, 5.74) is 10.3. The lowest BCUT2D eigenvalue weighted by atomic mass is 9.91. The summed E-state index contributed by atoms with van der Waals surface area (Å²) in [7, 11) is 0. The molecule has 0 unspecified atom stereocenters. The normalized spacial score (nSPS) is 11.8. The highest BCUT2D eigenvalue weighted by Crippen LogP contribution is 2.45. The topological polar surface area (TPSA) is 0 Å². The van der Waals surface area contributed by atoms with Gasteiger partial charge in [-0.05, 0) is 50.6 Å². The number of hydrogen-bond donors (Lipinski definition) is 0. The van der Waals surface area contributed by atoms with Crippen LogP contribution in [-0.4, -0.2) is 0 Å². The van der Waals surface area contributed by atoms with E-state index in [9.17, 15) is 0 Å². The van der Waals surface area contributed by atoms with Gasteiger partial charge >= 0.3 is 0 Å². The van der Waals surface area contributed by atoms with E-state index in [1.165, 1.54) is 44.5 Å². The Morgan fingerprint density at radius 2 is 0.692 bits per heavy atom. The molecule has 0 N–H and O–H groups in total. The maximum absolute atomic E-state index is 2.31. The van der Waals surface area contributed by atoms with E-state index in [4.69, 9.17) is 0 Å². The van der Waals surface area contributed by atoms with Crippen LogP contribution >= 0.6 is 0 Å². The van der Waals surface area contributed by atoms with E-state index in [-0.39, 0.29) is 0 Å². The van der Waals surface area contributed by atoms with E-state index in [0.29, 0.717) is 0 Å². The van der Waals surface area contributed by atoms with Crippen molar-refractivity contribution in [2.45, 2.75) is 0 Å². The summed E-state index contributed by atoms with van der Waals surface area (Å²) in [6, 6.07) is 36.8. The van der Waals surface area contributed by atoms with Crippen molar-refractivity contribution in [3.63, 3.8) is 0 Å². The Bertz CT molecular complexity index is 1050. The summed E-state index contributed by atoms with van der Waals surface area (Å²) in [5, 5.41) is 0. The fourth-order valence-electron chi connectivity index (χ4n) is 3.88. The molecule has 0 saturated carbocycles. The smallest absolute Gasteiger partial charge is 0.00930 e. The molecule has 0 atom stereocenters. The maximum Gasteiger partial charge on any atom is -0.00930 e. The molecule has 4 aromatic carbocycles. The summed E-state index contributed by atoms with van der Waals surface area (Å²) in [5.74, 6) is 0. The van der Waals surface area contributed by atoms with Crippen LogP contribution in [0, 0.1) is 0 Å². The SMILES string of the molecule is C(=C1c2ccccc2-c2ccccc2-c2ccccc21)c1ccccc1. The molecule has 122 valence electrons. The molecule has 0 fully saturated rings. The van der Waals surface area contributed by atoms with E-state index in [0.717, 1.165) is 0 Å². The van der Waals surface area contributed by atoms with E-state index in [1.807, 2.05) is 0 Å². The van der Waals surface area contributed by atoms with Crippen LogP contribution in [-0.2, 0) is 0 Å². The zero-order valence-corrected chi connectivity index (χ0v) is 14.4. The Hall–Kier alpha value is -3.38. The van der Waals surface area contributed by atoms with Crippen molar-refractivity contribution in [2.24, 2.45) is 0 Å². The van der Waals surface area contributed by atoms with Gasteiger partial charge in [0.2, 0.25) is 0 Å². The molecule has 0 spiro atoms. The lowest BCUT2D eigenvalue weighted by Gasteiger charge is -2.12. The Balaban J connectivity index is 1.90. The minimum atomic E-state index is 1.22. The third kappa shape index (κ3) is 2.39. The van der Waals surface area contributed by atoms with E-state index in [2.05, 4.69) is 109 Å². The van der Waals surface area contributed by atoms with Crippen molar-refractivity contribution < 1.29 is 0 Å². The van der Waals surface area contributed by atoms with Gasteiger partial charge in [0.1, 0.15) is 0 Å². The number of fused-ring (bicyclic) bond motifs is 5. The minimum Gasteiger partial charge on any atom is -0.0622 e. The molecule has 0 heteroatoms. The van der Waals surface area contributed by atoms with Crippen LogP contribution in [0.25, 0.3) is 33.9 Å². The third-order valence-electron chi connectivity index (χ3n) is 5.05. The van der Waals surface area contributed by atoms with Crippen LogP contribution in [0.5, 0.6) is 0 Å². The van der Waals surface area contributed by atoms with Crippen LogP contribution < -0.4 is 0 Å². The third-order valence-corrected chi connectivity index (χ3v) is 5.05. The molecule has 0 bridgehead atoms. The Morgan fingerprint density at radius 1 is 0.346 bits per heavy atom. The second kappa shape index (κ2) is 6.16. The van der Waals surface area contributed by atoms with Gasteiger partial charge in [-0.15, -0.1) is 0 Å². The number of benzene rings is 4. The first-order valence-corrected chi connectivity index (χ1v) is 8.97. The van der Waals surface area contributed by atoms with Gasteiger partial charge in [-0.3, -0.25) is 0 Å². The van der Waals surface area contributed by atoms with Crippen LogP contribution in [0.3, 0.4) is 0 Å². The van der Waals surface area contributed by atoms with E-state index in [1.54, 1.807) is 0 Å². The first-order chi connectivity index (χ1) is 12.9. The summed E-state index contributed by atoms with van der Waals surface area (Å²) in [6.07, 6.45) is 2.31. The first kappa shape index (κ1) is 14.9. The molecule has 0 aliphatic heterocycles. The summed E-state index contributed by atoms with van der Waals surface area (Å²) in [4.78, 5) is 0. The molecule has 0 radical (unpaired) electrons. The molecule has 0 heterocycles. The van der Waals surface area contributed by atoms with Gasteiger partial charge in [0.05, 0.1) is 0 Å². The van der Waals surface area contributed by atoms with Gasteiger partial charge in [0, 0.05) is 0 Å². The average molecular weight is 330 g/mol.